The highest BCUT2D eigenvalue weighted by Gasteiger charge is 2.10. The van der Waals surface area contributed by atoms with E-state index in [2.05, 4.69) is 17.9 Å². The van der Waals surface area contributed by atoms with Crippen molar-refractivity contribution in [2.75, 3.05) is 5.75 Å². The highest BCUT2D eigenvalue weighted by molar-refractivity contribution is 7.96. The number of hydrogen-bond acceptors (Lipinski definition) is 3. The second kappa shape index (κ2) is 5.36. The van der Waals surface area contributed by atoms with E-state index in [0.29, 0.717) is 11.4 Å². The van der Waals surface area contributed by atoms with E-state index in [1.54, 1.807) is 31.2 Å². The lowest BCUT2D eigenvalue weighted by molar-refractivity contribution is 0.260. The SMILES string of the molecule is CCS(=O)(=O)c1ccc(CNC(=O)S)cc1. The first-order chi connectivity index (χ1) is 7.45. The zero-order valence-corrected chi connectivity index (χ0v) is 10.5. The maximum Gasteiger partial charge on any atom is 0.276 e. The quantitative estimate of drug-likeness (QED) is 0.808. The Morgan fingerprint density at radius 1 is 1.31 bits per heavy atom. The molecule has 1 amide bonds. The number of carbonyl (C=O) groups is 1. The zero-order chi connectivity index (χ0) is 12.2. The molecule has 0 saturated carbocycles. The molecule has 0 atom stereocenters. The largest absolute Gasteiger partial charge is 0.343 e. The van der Waals surface area contributed by atoms with Gasteiger partial charge in [-0.1, -0.05) is 31.7 Å². The summed E-state index contributed by atoms with van der Waals surface area (Å²) in [5.74, 6) is 0.0831. The first kappa shape index (κ1) is 13.1. The van der Waals surface area contributed by atoms with Gasteiger partial charge in [0.15, 0.2) is 9.84 Å². The number of amides is 1. The van der Waals surface area contributed by atoms with Gasteiger partial charge in [0.2, 0.25) is 0 Å². The summed E-state index contributed by atoms with van der Waals surface area (Å²) >= 11 is 3.56. The van der Waals surface area contributed by atoms with E-state index in [1.807, 2.05) is 0 Å². The predicted octanol–water partition coefficient (Wildman–Crippen LogP) is 1.62. The molecular formula is C10H13NO3S2. The molecule has 0 heterocycles. The maximum absolute atomic E-state index is 11.5. The van der Waals surface area contributed by atoms with Gasteiger partial charge in [-0.3, -0.25) is 4.79 Å². The normalized spacial score (nSPS) is 11.1. The lowest BCUT2D eigenvalue weighted by Crippen LogP contribution is -2.15. The fourth-order valence-corrected chi connectivity index (χ4v) is 2.12. The number of sulfone groups is 1. The molecule has 0 radical (unpaired) electrons. The van der Waals surface area contributed by atoms with Gasteiger partial charge in [-0.25, -0.2) is 8.42 Å². The average molecular weight is 259 g/mol. The van der Waals surface area contributed by atoms with Crippen LogP contribution in [0, 0.1) is 0 Å². The van der Waals surface area contributed by atoms with Gasteiger partial charge < -0.3 is 5.32 Å². The summed E-state index contributed by atoms with van der Waals surface area (Å²) in [5, 5.41) is 2.10. The van der Waals surface area contributed by atoms with Crippen molar-refractivity contribution in [2.45, 2.75) is 18.4 Å². The summed E-state index contributed by atoms with van der Waals surface area (Å²) in [7, 11) is -3.15. The summed E-state index contributed by atoms with van der Waals surface area (Å²) in [4.78, 5) is 10.8. The summed E-state index contributed by atoms with van der Waals surface area (Å²) in [6.07, 6.45) is 0. The Morgan fingerprint density at radius 2 is 1.88 bits per heavy atom. The highest BCUT2D eigenvalue weighted by atomic mass is 32.2. The number of rotatable bonds is 4. The fourth-order valence-electron chi connectivity index (χ4n) is 1.16. The number of thiol groups is 1. The van der Waals surface area contributed by atoms with Gasteiger partial charge in [-0.2, -0.15) is 0 Å². The molecule has 1 rings (SSSR count). The van der Waals surface area contributed by atoms with Crippen molar-refractivity contribution in [1.29, 1.82) is 0 Å². The first-order valence-corrected chi connectivity index (χ1v) is 6.84. The summed E-state index contributed by atoms with van der Waals surface area (Å²) in [5.41, 5.74) is 0.831. The van der Waals surface area contributed by atoms with Crippen LogP contribution in [0.15, 0.2) is 29.2 Å². The molecule has 0 aromatic heterocycles. The van der Waals surface area contributed by atoms with Gasteiger partial charge in [-0.15, -0.1) is 0 Å². The zero-order valence-electron chi connectivity index (χ0n) is 8.80. The molecule has 0 aliphatic carbocycles. The summed E-state index contributed by atoms with van der Waals surface area (Å²) < 4.78 is 23.0. The third-order valence-corrected chi connectivity index (χ3v) is 4.01. The van der Waals surface area contributed by atoms with Crippen LogP contribution in [0.5, 0.6) is 0 Å². The summed E-state index contributed by atoms with van der Waals surface area (Å²) in [6, 6.07) is 6.43. The Labute approximate surface area is 100 Å². The number of nitrogens with one attached hydrogen (secondary N) is 1. The number of carbonyl (C=O) groups excluding carboxylic acids is 1. The van der Waals surface area contributed by atoms with Crippen LogP contribution in [0.3, 0.4) is 0 Å². The standard InChI is InChI=1S/C10H13NO3S2/c1-2-16(13,14)9-5-3-8(4-6-9)7-11-10(12)15/h3-6H,2,7H2,1H3,(H2,11,12,15). The maximum atomic E-state index is 11.5. The van der Waals surface area contributed by atoms with Crippen molar-refractivity contribution in [3.63, 3.8) is 0 Å². The highest BCUT2D eigenvalue weighted by Crippen LogP contribution is 2.12. The van der Waals surface area contributed by atoms with Crippen LogP contribution in [0.4, 0.5) is 4.79 Å². The lowest BCUT2D eigenvalue weighted by atomic mass is 10.2. The molecule has 1 aromatic rings. The van der Waals surface area contributed by atoms with Gasteiger partial charge in [0, 0.05) is 6.54 Å². The van der Waals surface area contributed by atoms with Crippen molar-refractivity contribution >= 4 is 27.7 Å². The summed E-state index contributed by atoms with van der Waals surface area (Å²) in [6.45, 7) is 1.94. The smallest absolute Gasteiger partial charge is 0.276 e. The van der Waals surface area contributed by atoms with Gasteiger partial charge >= 0.3 is 0 Å². The molecule has 88 valence electrons. The molecule has 0 unspecified atom stereocenters. The third kappa shape index (κ3) is 3.53. The van der Waals surface area contributed by atoms with Gasteiger partial charge in [0.25, 0.3) is 5.24 Å². The molecule has 0 saturated heterocycles. The Hall–Kier alpha value is -1.01. The van der Waals surface area contributed by atoms with Crippen LogP contribution in [0.1, 0.15) is 12.5 Å². The van der Waals surface area contributed by atoms with E-state index in [4.69, 9.17) is 0 Å². The first-order valence-electron chi connectivity index (χ1n) is 4.74. The van der Waals surface area contributed by atoms with Crippen LogP contribution >= 0.6 is 12.6 Å². The molecule has 0 bridgehead atoms. The van der Waals surface area contributed by atoms with Crippen LogP contribution < -0.4 is 5.32 Å². The van der Waals surface area contributed by atoms with Gasteiger partial charge in [0.1, 0.15) is 0 Å². The molecule has 1 N–H and O–H groups in total. The lowest BCUT2D eigenvalue weighted by Gasteiger charge is -2.04. The van der Waals surface area contributed by atoms with Crippen LogP contribution in [0.2, 0.25) is 0 Å². The van der Waals surface area contributed by atoms with Crippen molar-refractivity contribution < 1.29 is 13.2 Å². The molecule has 16 heavy (non-hydrogen) atoms. The van der Waals surface area contributed by atoms with E-state index < -0.39 is 15.1 Å². The van der Waals surface area contributed by atoms with Crippen molar-refractivity contribution in [3.8, 4) is 0 Å². The molecule has 1 aromatic carbocycles. The third-order valence-electron chi connectivity index (χ3n) is 2.11. The molecular weight excluding hydrogens is 246 g/mol. The van der Waals surface area contributed by atoms with E-state index in [9.17, 15) is 13.2 Å². The number of hydrogen-bond donors (Lipinski definition) is 2. The topological polar surface area (TPSA) is 63.2 Å². The van der Waals surface area contributed by atoms with Gasteiger partial charge in [-0.05, 0) is 17.7 Å². The number of benzene rings is 1. The van der Waals surface area contributed by atoms with Crippen molar-refractivity contribution in [1.82, 2.24) is 5.32 Å². The monoisotopic (exact) mass is 259 g/mol. The van der Waals surface area contributed by atoms with Crippen LogP contribution in [-0.2, 0) is 16.4 Å². The minimum absolute atomic E-state index is 0.0831. The molecule has 0 aliphatic rings. The Bertz CT molecular complexity index is 465. The van der Waals surface area contributed by atoms with E-state index in [0.717, 1.165) is 5.56 Å². The molecule has 0 aliphatic heterocycles. The predicted molar refractivity (Wildman–Crippen MR) is 65.4 cm³/mol. The molecule has 0 spiro atoms. The second-order valence-electron chi connectivity index (χ2n) is 3.21. The van der Waals surface area contributed by atoms with E-state index >= 15 is 0 Å². The van der Waals surface area contributed by atoms with Crippen LogP contribution in [0.25, 0.3) is 0 Å². The minimum atomic E-state index is -3.15. The van der Waals surface area contributed by atoms with Gasteiger partial charge in [0.05, 0.1) is 10.6 Å². The average Bonchev–Trinajstić information content (AvgIpc) is 2.27. The van der Waals surface area contributed by atoms with E-state index in [1.165, 1.54) is 0 Å². The fraction of sp³-hybridized carbons (Fsp3) is 0.300. The van der Waals surface area contributed by atoms with Crippen LogP contribution in [-0.4, -0.2) is 19.4 Å². The molecule has 4 nitrogen and oxygen atoms in total. The van der Waals surface area contributed by atoms with Crippen molar-refractivity contribution in [3.05, 3.63) is 29.8 Å². The second-order valence-corrected chi connectivity index (χ2v) is 5.89. The van der Waals surface area contributed by atoms with Crippen molar-refractivity contribution in [2.24, 2.45) is 0 Å². The molecule has 6 heteroatoms. The Morgan fingerprint density at radius 3 is 2.31 bits per heavy atom. The Kier molecular flexibility index (Phi) is 4.37. The minimum Gasteiger partial charge on any atom is -0.343 e. The van der Waals surface area contributed by atoms with E-state index in [-0.39, 0.29) is 5.75 Å². The Balaban J connectivity index is 2.80. The molecule has 0 fully saturated rings.